The van der Waals surface area contributed by atoms with E-state index in [-0.39, 0.29) is 6.61 Å². The molecule has 70 heavy (non-hydrogen) atoms. The van der Waals surface area contributed by atoms with Gasteiger partial charge in [0.05, 0.1) is 39.7 Å². The van der Waals surface area contributed by atoms with Crippen molar-refractivity contribution in [2.24, 2.45) is 0 Å². The number of carbonyl (C=O) groups excluding carboxylic acids is 11. The molecule has 2 heterocycles. The summed E-state index contributed by atoms with van der Waals surface area (Å²) >= 11 is 0. The van der Waals surface area contributed by atoms with E-state index >= 15 is 0 Å². The molecule has 2 aliphatic heterocycles. The first-order valence-electron chi connectivity index (χ1n) is 21.9. The first-order chi connectivity index (χ1) is 32.3. The summed E-state index contributed by atoms with van der Waals surface area (Å²) in [6.45, 7) is 12.5. The number of imide groups is 1. The molecule has 0 bridgehead atoms. The van der Waals surface area contributed by atoms with Crippen LogP contribution < -0.4 is 5.32 Å². The van der Waals surface area contributed by atoms with Crippen LogP contribution in [0.15, 0.2) is 0 Å². The molecule has 2 N–H and O–H groups in total. The highest BCUT2D eigenvalue weighted by atomic mass is 28.3. The van der Waals surface area contributed by atoms with Crippen molar-refractivity contribution < 1.29 is 115 Å². The van der Waals surface area contributed by atoms with Gasteiger partial charge in [-0.15, -0.1) is 0 Å². The van der Waals surface area contributed by atoms with E-state index in [9.17, 15) is 57.8 Å². The summed E-state index contributed by atoms with van der Waals surface area (Å²) in [7, 11) is -0.0130. The summed E-state index contributed by atoms with van der Waals surface area (Å²) in [5.74, 6) is -16.9. The highest BCUT2D eigenvalue weighted by Gasteiger charge is 2.63. The van der Waals surface area contributed by atoms with Crippen LogP contribution in [-0.2, 0) is 110 Å². The monoisotopic (exact) mass is 1020 g/mol. The highest BCUT2D eigenvalue weighted by Crippen LogP contribution is 2.41. The lowest BCUT2D eigenvalue weighted by molar-refractivity contribution is -0.331. The van der Waals surface area contributed by atoms with E-state index in [1.807, 2.05) is 19.6 Å². The van der Waals surface area contributed by atoms with Gasteiger partial charge in [-0.3, -0.25) is 48.1 Å². The van der Waals surface area contributed by atoms with E-state index < -0.39 is 172 Å². The Morgan fingerprint density at radius 2 is 1.10 bits per heavy atom. The standard InChI is InChI=1S/C43H66N2O24Si/c1-21(46)44-34-31(63-25(5)50)17-42(40(56)58-10,61-15-16-70(12,13)14)68-38(34)36(66-28(8)53)30(55)19-62-43(41(57)59-11)18-32(64-26(6)51)35(45(22(2)47)23(3)48)39(69-43)37(67-29(9)54)33(65-27(7)52)20-60-24(4)49/h30-39,55H,15-20H2,1-14H3,(H,44,46)/t30-,31+,32+,33-,34-,35-,36-,37-,38-,39-,42-,43-/m1/s1. The number of carbonyl (C=O) groups is 11. The lowest BCUT2D eigenvalue weighted by Crippen LogP contribution is -2.71. The van der Waals surface area contributed by atoms with Crippen molar-refractivity contribution in [2.75, 3.05) is 34.0 Å². The van der Waals surface area contributed by atoms with E-state index in [1.54, 1.807) is 0 Å². The van der Waals surface area contributed by atoms with Gasteiger partial charge in [0.15, 0.2) is 18.3 Å². The fraction of sp³-hybridized carbons (Fsp3) is 0.744. The average Bonchev–Trinajstić information content (AvgIpc) is 3.21. The van der Waals surface area contributed by atoms with Gasteiger partial charge >= 0.3 is 47.8 Å². The van der Waals surface area contributed by atoms with Crippen molar-refractivity contribution in [1.29, 1.82) is 0 Å². The Morgan fingerprint density at radius 1 is 0.629 bits per heavy atom. The summed E-state index contributed by atoms with van der Waals surface area (Å²) in [6.07, 6.45) is -17.2. The van der Waals surface area contributed by atoms with Crippen LogP contribution in [0.3, 0.4) is 0 Å². The van der Waals surface area contributed by atoms with Crippen molar-refractivity contribution in [3.63, 3.8) is 0 Å². The van der Waals surface area contributed by atoms with Crippen molar-refractivity contribution in [3.8, 4) is 0 Å². The van der Waals surface area contributed by atoms with Gasteiger partial charge in [-0.2, -0.15) is 0 Å². The van der Waals surface area contributed by atoms with Gasteiger partial charge < -0.3 is 67.3 Å². The van der Waals surface area contributed by atoms with Gasteiger partial charge in [0, 0.05) is 77.0 Å². The molecule has 27 heteroatoms. The molecule has 26 nitrogen and oxygen atoms in total. The van der Waals surface area contributed by atoms with Crippen LogP contribution in [0, 0.1) is 0 Å². The molecular formula is C43H66N2O24Si. The molecule has 12 atom stereocenters. The van der Waals surface area contributed by atoms with Crippen LogP contribution in [0.25, 0.3) is 0 Å². The summed E-state index contributed by atoms with van der Waals surface area (Å²) < 4.78 is 67.8. The van der Waals surface area contributed by atoms with Gasteiger partial charge in [-0.25, -0.2) is 9.59 Å². The molecule has 0 aromatic heterocycles. The van der Waals surface area contributed by atoms with Crippen LogP contribution in [0.2, 0.25) is 25.7 Å². The molecule has 396 valence electrons. The Kier molecular flexibility index (Phi) is 22.5. The zero-order valence-electron chi connectivity index (χ0n) is 41.8. The highest BCUT2D eigenvalue weighted by molar-refractivity contribution is 6.76. The Labute approximate surface area is 405 Å². The normalized spacial score (nSPS) is 26.0. The minimum atomic E-state index is -2.97. The van der Waals surface area contributed by atoms with Crippen molar-refractivity contribution >= 4 is 73.5 Å². The summed E-state index contributed by atoms with van der Waals surface area (Å²) in [5, 5.41) is 14.7. The molecule has 0 saturated carbocycles. The fourth-order valence-corrected chi connectivity index (χ4v) is 8.57. The maximum absolute atomic E-state index is 14.2. The second-order valence-corrected chi connectivity index (χ2v) is 23.2. The van der Waals surface area contributed by atoms with Crippen molar-refractivity contribution in [1.82, 2.24) is 10.2 Å². The number of rotatable bonds is 22. The number of nitrogens with one attached hydrogen (secondary N) is 1. The van der Waals surface area contributed by atoms with Crippen LogP contribution >= 0.6 is 0 Å². The van der Waals surface area contributed by atoms with Gasteiger partial charge in [0.1, 0.15) is 43.2 Å². The number of aliphatic hydroxyl groups excluding tert-OH is 1. The summed E-state index contributed by atoms with van der Waals surface area (Å²) in [4.78, 5) is 143. The first kappa shape index (κ1) is 60.5. The molecule has 2 rings (SSSR count). The Morgan fingerprint density at radius 3 is 1.54 bits per heavy atom. The second-order valence-electron chi connectivity index (χ2n) is 17.6. The van der Waals surface area contributed by atoms with E-state index in [2.05, 4.69) is 5.32 Å². The predicted octanol–water partition coefficient (Wildman–Crippen LogP) is -0.475. The van der Waals surface area contributed by atoms with E-state index in [4.69, 9.17) is 56.8 Å². The minimum Gasteiger partial charge on any atom is -0.465 e. The fourth-order valence-electron chi connectivity index (χ4n) is 7.85. The molecule has 0 aliphatic carbocycles. The molecule has 0 unspecified atom stereocenters. The van der Waals surface area contributed by atoms with Crippen LogP contribution in [0.5, 0.6) is 0 Å². The number of hydrogen-bond acceptors (Lipinski definition) is 24. The predicted molar refractivity (Wildman–Crippen MR) is 234 cm³/mol. The third-order valence-corrected chi connectivity index (χ3v) is 12.2. The second kappa shape index (κ2) is 26.0. The third kappa shape index (κ3) is 17.1. The Bertz CT molecular complexity index is 1940. The largest absolute Gasteiger partial charge is 0.465 e. The third-order valence-electron chi connectivity index (χ3n) is 10.5. The topological polar surface area (TPSA) is 334 Å². The lowest BCUT2D eigenvalue weighted by atomic mass is 9.86. The van der Waals surface area contributed by atoms with E-state index in [0.29, 0.717) is 10.9 Å². The zero-order chi connectivity index (χ0) is 53.6. The number of esters is 8. The molecular weight excluding hydrogens is 957 g/mol. The maximum atomic E-state index is 14.2. The van der Waals surface area contributed by atoms with Crippen LogP contribution in [0.1, 0.15) is 75.2 Å². The number of nitrogens with zero attached hydrogens (tertiary/aromatic N) is 1. The number of methoxy groups -OCH3 is 2. The van der Waals surface area contributed by atoms with E-state index in [1.165, 1.54) is 0 Å². The molecule has 3 amide bonds. The molecule has 2 saturated heterocycles. The SMILES string of the molecule is COC(=O)[C@@]1(OCC[Si](C)(C)C)C[C@H](OC(C)=O)[C@@H](NC(C)=O)[C@H]([C@H](OC(C)=O)[C@H](O)CO[C@]2(C(=O)OC)C[C@H](OC(C)=O)[C@@H](N(C(C)=O)C(C)=O)[C@H]([C@H](OC(C)=O)[C@@H](COC(C)=O)OC(C)=O)O2)O1. The minimum absolute atomic E-state index is 0.109. The van der Waals surface area contributed by atoms with Gasteiger partial charge in [-0.05, 0) is 6.04 Å². The number of aliphatic hydroxyl groups is 1. The quantitative estimate of drug-likeness (QED) is 0.0786. The molecule has 2 fully saturated rings. The lowest BCUT2D eigenvalue weighted by Gasteiger charge is -2.51. The number of ether oxygens (including phenoxy) is 12. The van der Waals surface area contributed by atoms with Gasteiger partial charge in [-0.1, -0.05) is 19.6 Å². The summed E-state index contributed by atoms with van der Waals surface area (Å²) in [6, 6.07) is -2.96. The summed E-state index contributed by atoms with van der Waals surface area (Å²) in [5.41, 5.74) is 0. The number of hydrogen-bond donors (Lipinski definition) is 2. The average molecular weight is 1020 g/mol. The van der Waals surface area contributed by atoms with Crippen molar-refractivity contribution in [2.45, 2.75) is 173 Å². The maximum Gasteiger partial charge on any atom is 0.366 e. The van der Waals surface area contributed by atoms with Crippen LogP contribution in [0.4, 0.5) is 0 Å². The van der Waals surface area contributed by atoms with Crippen LogP contribution in [-0.4, -0.2) is 190 Å². The number of amides is 3. The molecule has 2 aliphatic rings. The van der Waals surface area contributed by atoms with Gasteiger partial charge in [0.2, 0.25) is 17.7 Å². The Hall–Kier alpha value is -5.61. The Balaban J connectivity index is 3.02. The molecule has 0 radical (unpaired) electrons. The van der Waals surface area contributed by atoms with E-state index in [0.717, 1.165) is 76.5 Å². The molecule has 0 aromatic carbocycles. The first-order valence-corrected chi connectivity index (χ1v) is 25.6. The van der Waals surface area contributed by atoms with Crippen molar-refractivity contribution in [3.05, 3.63) is 0 Å². The molecule has 0 spiro atoms. The van der Waals surface area contributed by atoms with Gasteiger partial charge in [0.25, 0.3) is 11.6 Å². The zero-order valence-corrected chi connectivity index (χ0v) is 42.8. The smallest absolute Gasteiger partial charge is 0.366 e. The molecule has 0 aromatic rings.